The number of carbonyl (C=O) groups excluding carboxylic acids is 1. The molecule has 0 spiro atoms. The van der Waals surface area contributed by atoms with E-state index in [9.17, 15) is 9.59 Å². The monoisotopic (exact) mass is 217 g/mol. The van der Waals surface area contributed by atoms with Gasteiger partial charge < -0.3 is 15.2 Å². The molecule has 0 unspecified atom stereocenters. The maximum atomic E-state index is 11.3. The summed E-state index contributed by atoms with van der Waals surface area (Å²) in [5, 5.41) is 11.2. The molecule has 5 nitrogen and oxygen atoms in total. The molecule has 2 atom stereocenters. The largest absolute Gasteiger partial charge is 0.481 e. The lowest BCUT2D eigenvalue weighted by Gasteiger charge is -2.23. The standard InChI is InChI=1S/C10H19NO4/c1-6(8(12)13)7(2)11-9(14)15-10(3,4)5/h6-7H,1-5H3,(H,11,14)(H,12,13)/t6-,7+/m0/s1. The first-order chi connectivity index (χ1) is 6.63. The van der Waals surface area contributed by atoms with Crippen LogP contribution in [0.25, 0.3) is 0 Å². The summed E-state index contributed by atoms with van der Waals surface area (Å²) in [5.74, 6) is -1.59. The Balaban J connectivity index is 4.13. The van der Waals surface area contributed by atoms with Gasteiger partial charge in [0, 0.05) is 6.04 Å². The topological polar surface area (TPSA) is 75.6 Å². The summed E-state index contributed by atoms with van der Waals surface area (Å²) in [4.78, 5) is 21.9. The summed E-state index contributed by atoms with van der Waals surface area (Å²) in [7, 11) is 0. The van der Waals surface area contributed by atoms with Gasteiger partial charge in [-0.3, -0.25) is 4.79 Å². The highest BCUT2D eigenvalue weighted by Gasteiger charge is 2.23. The first kappa shape index (κ1) is 13.7. The first-order valence-corrected chi connectivity index (χ1v) is 4.86. The van der Waals surface area contributed by atoms with Gasteiger partial charge in [-0.1, -0.05) is 0 Å². The van der Waals surface area contributed by atoms with E-state index < -0.39 is 29.6 Å². The highest BCUT2D eigenvalue weighted by Crippen LogP contribution is 2.08. The van der Waals surface area contributed by atoms with Gasteiger partial charge in [0.15, 0.2) is 0 Å². The van der Waals surface area contributed by atoms with Crippen molar-refractivity contribution in [2.75, 3.05) is 0 Å². The molecule has 0 radical (unpaired) electrons. The predicted octanol–water partition coefficient (Wildman–Crippen LogP) is 1.62. The van der Waals surface area contributed by atoms with E-state index in [4.69, 9.17) is 9.84 Å². The zero-order valence-electron chi connectivity index (χ0n) is 9.83. The number of ether oxygens (including phenoxy) is 1. The number of aliphatic carboxylic acids is 1. The maximum Gasteiger partial charge on any atom is 0.407 e. The average molecular weight is 217 g/mol. The molecule has 0 aliphatic heterocycles. The minimum Gasteiger partial charge on any atom is -0.481 e. The molecule has 88 valence electrons. The normalized spacial score (nSPS) is 15.3. The van der Waals surface area contributed by atoms with Gasteiger partial charge in [0.1, 0.15) is 5.60 Å². The second-order valence-electron chi connectivity index (χ2n) is 4.56. The van der Waals surface area contributed by atoms with E-state index in [1.54, 1.807) is 27.7 Å². The van der Waals surface area contributed by atoms with Crippen LogP contribution in [0.5, 0.6) is 0 Å². The Morgan fingerprint density at radius 2 is 1.73 bits per heavy atom. The van der Waals surface area contributed by atoms with Gasteiger partial charge in [0.05, 0.1) is 5.92 Å². The van der Waals surface area contributed by atoms with Gasteiger partial charge in [-0.15, -0.1) is 0 Å². The van der Waals surface area contributed by atoms with Crippen LogP contribution in [0, 0.1) is 5.92 Å². The van der Waals surface area contributed by atoms with Gasteiger partial charge in [-0.05, 0) is 34.6 Å². The smallest absolute Gasteiger partial charge is 0.407 e. The van der Waals surface area contributed by atoms with Crippen LogP contribution in [0.2, 0.25) is 0 Å². The highest BCUT2D eigenvalue weighted by atomic mass is 16.6. The molecule has 0 saturated carbocycles. The van der Waals surface area contributed by atoms with Gasteiger partial charge >= 0.3 is 12.1 Å². The number of carboxylic acids is 1. The lowest BCUT2D eigenvalue weighted by molar-refractivity contribution is -0.141. The number of rotatable bonds is 3. The zero-order chi connectivity index (χ0) is 12.2. The number of amides is 1. The number of nitrogens with one attached hydrogen (secondary N) is 1. The van der Waals surface area contributed by atoms with Crippen molar-refractivity contribution in [1.82, 2.24) is 5.32 Å². The molecule has 0 rings (SSSR count). The molecule has 0 aromatic carbocycles. The van der Waals surface area contributed by atoms with Crippen LogP contribution in [-0.2, 0) is 9.53 Å². The molecule has 0 saturated heterocycles. The molecular formula is C10H19NO4. The molecule has 0 bridgehead atoms. The molecule has 0 fully saturated rings. The van der Waals surface area contributed by atoms with E-state index in [2.05, 4.69) is 5.32 Å². The molecule has 0 aromatic heterocycles. The summed E-state index contributed by atoms with van der Waals surface area (Å²) in [6, 6.07) is -0.461. The number of alkyl carbamates (subject to hydrolysis) is 1. The molecule has 5 heteroatoms. The van der Waals surface area contributed by atoms with E-state index in [0.717, 1.165) is 0 Å². The van der Waals surface area contributed by atoms with Crippen LogP contribution in [0.4, 0.5) is 4.79 Å². The molecule has 0 aliphatic carbocycles. The van der Waals surface area contributed by atoms with Crippen LogP contribution in [0.15, 0.2) is 0 Å². The van der Waals surface area contributed by atoms with Crippen molar-refractivity contribution < 1.29 is 19.4 Å². The van der Waals surface area contributed by atoms with Gasteiger partial charge in [-0.25, -0.2) is 4.79 Å². The number of hydrogen-bond donors (Lipinski definition) is 2. The predicted molar refractivity (Wildman–Crippen MR) is 55.6 cm³/mol. The van der Waals surface area contributed by atoms with Crippen LogP contribution < -0.4 is 5.32 Å². The van der Waals surface area contributed by atoms with Crippen molar-refractivity contribution >= 4 is 12.1 Å². The number of carbonyl (C=O) groups is 2. The molecule has 0 heterocycles. The van der Waals surface area contributed by atoms with E-state index in [1.165, 1.54) is 6.92 Å². The summed E-state index contributed by atoms with van der Waals surface area (Å²) >= 11 is 0. The van der Waals surface area contributed by atoms with E-state index >= 15 is 0 Å². The Morgan fingerprint density at radius 1 is 1.27 bits per heavy atom. The molecule has 15 heavy (non-hydrogen) atoms. The van der Waals surface area contributed by atoms with Gasteiger partial charge in [-0.2, -0.15) is 0 Å². The first-order valence-electron chi connectivity index (χ1n) is 4.86. The van der Waals surface area contributed by atoms with E-state index in [1.807, 2.05) is 0 Å². The van der Waals surface area contributed by atoms with Gasteiger partial charge in [0.25, 0.3) is 0 Å². The summed E-state index contributed by atoms with van der Waals surface area (Å²) in [6.45, 7) is 8.40. The Bertz CT molecular complexity index is 244. The summed E-state index contributed by atoms with van der Waals surface area (Å²) < 4.78 is 5.00. The number of carboxylic acid groups (broad SMARTS) is 1. The van der Waals surface area contributed by atoms with Crippen LogP contribution in [0.1, 0.15) is 34.6 Å². The highest BCUT2D eigenvalue weighted by molar-refractivity contribution is 5.73. The Hall–Kier alpha value is -1.26. The molecule has 0 aromatic rings. The van der Waals surface area contributed by atoms with Crippen molar-refractivity contribution in [3.8, 4) is 0 Å². The molecule has 1 amide bonds. The fourth-order valence-electron chi connectivity index (χ4n) is 0.832. The van der Waals surface area contributed by atoms with Crippen molar-refractivity contribution in [3.05, 3.63) is 0 Å². The van der Waals surface area contributed by atoms with Crippen molar-refractivity contribution in [2.45, 2.75) is 46.3 Å². The van der Waals surface area contributed by atoms with Crippen LogP contribution in [-0.4, -0.2) is 28.8 Å². The van der Waals surface area contributed by atoms with E-state index in [-0.39, 0.29) is 0 Å². The molecular weight excluding hydrogens is 198 g/mol. The van der Waals surface area contributed by atoms with E-state index in [0.29, 0.717) is 0 Å². The van der Waals surface area contributed by atoms with Crippen molar-refractivity contribution in [1.29, 1.82) is 0 Å². The van der Waals surface area contributed by atoms with Crippen molar-refractivity contribution in [3.63, 3.8) is 0 Å². The summed E-state index contributed by atoms with van der Waals surface area (Å²) in [6.07, 6.45) is -0.594. The second-order valence-corrected chi connectivity index (χ2v) is 4.56. The molecule has 2 N–H and O–H groups in total. The fourth-order valence-corrected chi connectivity index (χ4v) is 0.832. The van der Waals surface area contributed by atoms with Crippen LogP contribution in [0.3, 0.4) is 0 Å². The molecule has 0 aliphatic rings. The second kappa shape index (κ2) is 5.00. The average Bonchev–Trinajstić information content (AvgIpc) is 1.98. The fraction of sp³-hybridized carbons (Fsp3) is 0.800. The Kier molecular flexibility index (Phi) is 4.58. The van der Waals surface area contributed by atoms with Gasteiger partial charge in [0.2, 0.25) is 0 Å². The quantitative estimate of drug-likeness (QED) is 0.753. The summed E-state index contributed by atoms with van der Waals surface area (Å²) in [5.41, 5.74) is -0.573. The van der Waals surface area contributed by atoms with Crippen molar-refractivity contribution in [2.24, 2.45) is 5.92 Å². The zero-order valence-corrected chi connectivity index (χ0v) is 9.83. The third kappa shape index (κ3) is 5.93. The third-order valence-corrected chi connectivity index (χ3v) is 1.88. The number of hydrogen-bond acceptors (Lipinski definition) is 3. The third-order valence-electron chi connectivity index (χ3n) is 1.88. The lowest BCUT2D eigenvalue weighted by Crippen LogP contribution is -2.42. The minimum absolute atomic E-state index is 0.461. The maximum absolute atomic E-state index is 11.3. The minimum atomic E-state index is -0.946. The lowest BCUT2D eigenvalue weighted by atomic mass is 10.0. The Morgan fingerprint density at radius 3 is 2.07 bits per heavy atom. The Labute approximate surface area is 89.8 Å². The SMILES string of the molecule is C[C@H](C(=O)O)[C@@H](C)NC(=O)OC(C)(C)C. The van der Waals surface area contributed by atoms with Crippen LogP contribution >= 0.6 is 0 Å².